The standard InChI is InChI=1S/C18H27N3O3/c1-3-20-10-12-21(13-11-20)18(23)8-9-19-17(22)14-24-16-6-4-15(2)5-7-16/h4-7H,3,8-14H2,1-2H3,(H,19,22). The van der Waals surface area contributed by atoms with Gasteiger partial charge in [0.05, 0.1) is 0 Å². The molecule has 1 saturated heterocycles. The van der Waals surface area contributed by atoms with Crippen LogP contribution in [0.1, 0.15) is 18.9 Å². The summed E-state index contributed by atoms with van der Waals surface area (Å²) in [5, 5.41) is 2.73. The molecular formula is C18H27N3O3. The number of nitrogens with zero attached hydrogens (tertiary/aromatic N) is 2. The third kappa shape index (κ3) is 5.85. The lowest BCUT2D eigenvalue weighted by atomic mass is 10.2. The summed E-state index contributed by atoms with van der Waals surface area (Å²) in [6.45, 7) is 8.88. The van der Waals surface area contributed by atoms with E-state index in [-0.39, 0.29) is 18.4 Å². The number of benzene rings is 1. The smallest absolute Gasteiger partial charge is 0.257 e. The molecule has 1 aromatic carbocycles. The van der Waals surface area contributed by atoms with Crippen molar-refractivity contribution in [3.8, 4) is 5.75 Å². The zero-order chi connectivity index (χ0) is 17.4. The van der Waals surface area contributed by atoms with E-state index in [9.17, 15) is 9.59 Å². The molecule has 2 amide bonds. The van der Waals surface area contributed by atoms with Gasteiger partial charge in [-0.25, -0.2) is 0 Å². The highest BCUT2D eigenvalue weighted by atomic mass is 16.5. The summed E-state index contributed by atoms with van der Waals surface area (Å²) in [7, 11) is 0. The molecule has 1 fully saturated rings. The third-order valence-electron chi connectivity index (χ3n) is 4.22. The molecule has 1 N–H and O–H groups in total. The van der Waals surface area contributed by atoms with Crippen LogP contribution in [0.4, 0.5) is 0 Å². The predicted molar refractivity (Wildman–Crippen MR) is 93.0 cm³/mol. The molecule has 0 saturated carbocycles. The highest BCUT2D eigenvalue weighted by Gasteiger charge is 2.19. The van der Waals surface area contributed by atoms with E-state index in [2.05, 4.69) is 17.1 Å². The minimum Gasteiger partial charge on any atom is -0.484 e. The topological polar surface area (TPSA) is 61.9 Å². The van der Waals surface area contributed by atoms with Gasteiger partial charge in [-0.2, -0.15) is 0 Å². The second-order valence-electron chi connectivity index (χ2n) is 6.02. The molecule has 132 valence electrons. The second-order valence-corrected chi connectivity index (χ2v) is 6.02. The van der Waals surface area contributed by atoms with Gasteiger partial charge in [0, 0.05) is 39.1 Å². The van der Waals surface area contributed by atoms with E-state index < -0.39 is 0 Å². The van der Waals surface area contributed by atoms with E-state index in [1.165, 1.54) is 0 Å². The number of hydrogen-bond acceptors (Lipinski definition) is 4. The first-order valence-electron chi connectivity index (χ1n) is 8.54. The van der Waals surface area contributed by atoms with Crippen LogP contribution in [0.5, 0.6) is 5.75 Å². The zero-order valence-corrected chi connectivity index (χ0v) is 14.6. The molecule has 6 heteroatoms. The Morgan fingerprint density at radius 1 is 1.12 bits per heavy atom. The van der Waals surface area contributed by atoms with Crippen molar-refractivity contribution in [2.24, 2.45) is 0 Å². The summed E-state index contributed by atoms with van der Waals surface area (Å²) >= 11 is 0. The van der Waals surface area contributed by atoms with Gasteiger partial charge in [0.15, 0.2) is 6.61 Å². The molecular weight excluding hydrogens is 306 g/mol. The lowest BCUT2D eigenvalue weighted by Gasteiger charge is -2.34. The van der Waals surface area contributed by atoms with Gasteiger partial charge >= 0.3 is 0 Å². The molecule has 1 aromatic rings. The first-order valence-corrected chi connectivity index (χ1v) is 8.54. The molecule has 1 heterocycles. The number of amides is 2. The van der Waals surface area contributed by atoms with Gasteiger partial charge in [-0.05, 0) is 25.6 Å². The number of aryl methyl sites for hydroxylation is 1. The number of likely N-dealkylation sites (N-methyl/N-ethyl adjacent to an activating group) is 1. The minimum atomic E-state index is -0.209. The van der Waals surface area contributed by atoms with Crippen LogP contribution in [0.2, 0.25) is 0 Å². The summed E-state index contributed by atoms with van der Waals surface area (Å²) in [6, 6.07) is 7.54. The van der Waals surface area contributed by atoms with Crippen LogP contribution in [0.3, 0.4) is 0 Å². The number of carbonyl (C=O) groups excluding carboxylic acids is 2. The third-order valence-corrected chi connectivity index (χ3v) is 4.22. The molecule has 6 nitrogen and oxygen atoms in total. The van der Waals surface area contributed by atoms with E-state index in [0.717, 1.165) is 38.3 Å². The van der Waals surface area contributed by atoms with Crippen molar-refractivity contribution in [2.45, 2.75) is 20.3 Å². The average molecular weight is 333 g/mol. The fourth-order valence-corrected chi connectivity index (χ4v) is 2.61. The molecule has 1 aliphatic heterocycles. The van der Waals surface area contributed by atoms with Crippen molar-refractivity contribution >= 4 is 11.8 Å². The Morgan fingerprint density at radius 2 is 1.79 bits per heavy atom. The maximum Gasteiger partial charge on any atom is 0.257 e. The van der Waals surface area contributed by atoms with Crippen LogP contribution in [-0.2, 0) is 9.59 Å². The quantitative estimate of drug-likeness (QED) is 0.810. The van der Waals surface area contributed by atoms with Crippen molar-refractivity contribution in [3.05, 3.63) is 29.8 Å². The highest BCUT2D eigenvalue weighted by molar-refractivity contribution is 5.80. The van der Waals surface area contributed by atoms with Crippen molar-refractivity contribution < 1.29 is 14.3 Å². The molecule has 0 aromatic heterocycles. The molecule has 0 radical (unpaired) electrons. The van der Waals surface area contributed by atoms with Crippen molar-refractivity contribution in [3.63, 3.8) is 0 Å². The average Bonchev–Trinajstić information content (AvgIpc) is 2.61. The number of carbonyl (C=O) groups is 2. The van der Waals surface area contributed by atoms with Crippen LogP contribution in [0.15, 0.2) is 24.3 Å². The summed E-state index contributed by atoms with van der Waals surface area (Å²) in [6.07, 6.45) is 0.336. The number of ether oxygens (including phenoxy) is 1. The molecule has 0 unspecified atom stereocenters. The molecule has 0 atom stereocenters. The zero-order valence-electron chi connectivity index (χ0n) is 14.6. The Morgan fingerprint density at radius 3 is 2.42 bits per heavy atom. The molecule has 0 bridgehead atoms. The number of rotatable bonds is 7. The first-order chi connectivity index (χ1) is 11.6. The van der Waals surface area contributed by atoms with Crippen molar-refractivity contribution in [1.82, 2.24) is 15.1 Å². The molecule has 24 heavy (non-hydrogen) atoms. The summed E-state index contributed by atoms with van der Waals surface area (Å²) in [5.74, 6) is 0.560. The maximum atomic E-state index is 12.1. The van der Waals surface area contributed by atoms with Gasteiger partial charge in [0.1, 0.15) is 5.75 Å². The van der Waals surface area contributed by atoms with Crippen molar-refractivity contribution in [2.75, 3.05) is 45.9 Å². The monoisotopic (exact) mass is 333 g/mol. The fourth-order valence-electron chi connectivity index (χ4n) is 2.61. The first kappa shape index (κ1) is 18.3. The van der Waals surface area contributed by atoms with Crippen LogP contribution >= 0.6 is 0 Å². The van der Waals surface area contributed by atoms with E-state index in [1.54, 1.807) is 0 Å². The lowest BCUT2D eigenvalue weighted by Crippen LogP contribution is -2.49. The van der Waals surface area contributed by atoms with Gasteiger partial charge < -0.3 is 19.9 Å². The largest absolute Gasteiger partial charge is 0.484 e. The van der Waals surface area contributed by atoms with Gasteiger partial charge in [-0.1, -0.05) is 24.6 Å². The number of piperazine rings is 1. The van der Waals surface area contributed by atoms with Gasteiger partial charge in [0.25, 0.3) is 5.91 Å². The van der Waals surface area contributed by atoms with Crippen molar-refractivity contribution in [1.29, 1.82) is 0 Å². The fraction of sp³-hybridized carbons (Fsp3) is 0.556. The number of nitrogens with one attached hydrogen (secondary N) is 1. The molecule has 0 aliphatic carbocycles. The van der Waals surface area contributed by atoms with Gasteiger partial charge in [-0.3, -0.25) is 9.59 Å². The SMILES string of the molecule is CCN1CCN(C(=O)CCNC(=O)COc2ccc(C)cc2)CC1. The molecule has 1 aliphatic rings. The normalized spacial score (nSPS) is 15.2. The summed E-state index contributed by atoms with van der Waals surface area (Å²) in [5.41, 5.74) is 1.14. The Hall–Kier alpha value is -2.08. The molecule has 0 spiro atoms. The van der Waals surface area contributed by atoms with E-state index >= 15 is 0 Å². The lowest BCUT2D eigenvalue weighted by molar-refractivity contribution is -0.133. The summed E-state index contributed by atoms with van der Waals surface area (Å²) in [4.78, 5) is 28.1. The Bertz CT molecular complexity index is 537. The van der Waals surface area contributed by atoms with Crippen LogP contribution in [0, 0.1) is 6.92 Å². The summed E-state index contributed by atoms with van der Waals surface area (Å²) < 4.78 is 5.41. The van der Waals surface area contributed by atoms with E-state index in [4.69, 9.17) is 4.74 Å². The highest BCUT2D eigenvalue weighted by Crippen LogP contribution is 2.10. The Balaban J connectivity index is 1.60. The predicted octanol–water partition coefficient (Wildman–Crippen LogP) is 1.04. The van der Waals surface area contributed by atoms with E-state index in [0.29, 0.717) is 18.7 Å². The maximum absolute atomic E-state index is 12.1. The Labute approximate surface area is 143 Å². The minimum absolute atomic E-state index is 0.0353. The van der Waals surface area contributed by atoms with Crippen LogP contribution < -0.4 is 10.1 Å². The second kappa shape index (κ2) is 9.27. The van der Waals surface area contributed by atoms with Gasteiger partial charge in [0.2, 0.25) is 5.91 Å². The van der Waals surface area contributed by atoms with E-state index in [1.807, 2.05) is 36.1 Å². The number of hydrogen-bond donors (Lipinski definition) is 1. The van der Waals surface area contributed by atoms with Gasteiger partial charge in [-0.15, -0.1) is 0 Å². The molecule has 2 rings (SSSR count). The Kier molecular flexibility index (Phi) is 7.06. The van der Waals surface area contributed by atoms with Crippen LogP contribution in [-0.4, -0.2) is 67.5 Å². The van der Waals surface area contributed by atoms with Crippen LogP contribution in [0.25, 0.3) is 0 Å².